The van der Waals surface area contributed by atoms with Gasteiger partial charge in [0.1, 0.15) is 12.4 Å². The molecule has 2 fully saturated rings. The highest BCUT2D eigenvalue weighted by atomic mass is 19.1. The Morgan fingerprint density at radius 2 is 2.02 bits per heavy atom. The third kappa shape index (κ3) is 4.63. The van der Waals surface area contributed by atoms with Crippen molar-refractivity contribution in [1.82, 2.24) is 25.1 Å². The second kappa shape index (κ2) is 10.1. The number of nitrogens with zero attached hydrogens (tertiary/aromatic N) is 3. The number of anilines is 1. The van der Waals surface area contributed by atoms with Crippen LogP contribution in [0.2, 0.25) is 0 Å². The van der Waals surface area contributed by atoms with Crippen LogP contribution in [0, 0.1) is 5.82 Å². The average Bonchev–Trinajstić information content (AvgIpc) is 3.55. The molecule has 1 aliphatic carbocycles. The molecule has 1 aliphatic heterocycles. The molecule has 4 heterocycles. The van der Waals surface area contributed by atoms with Crippen LogP contribution >= 0.6 is 0 Å². The van der Waals surface area contributed by atoms with Crippen LogP contribution in [0.4, 0.5) is 10.2 Å². The summed E-state index contributed by atoms with van der Waals surface area (Å²) in [6, 6.07) is 12.8. The smallest absolute Gasteiger partial charge is 0.302 e. The van der Waals surface area contributed by atoms with Crippen molar-refractivity contribution < 1.29 is 13.9 Å². The zero-order chi connectivity index (χ0) is 28.1. The molecule has 0 radical (unpaired) electrons. The number of hydrogen-bond acceptors (Lipinski definition) is 7. The van der Waals surface area contributed by atoms with E-state index in [1.165, 1.54) is 17.6 Å². The Kier molecular flexibility index (Phi) is 6.27. The predicted molar refractivity (Wildman–Crippen MR) is 155 cm³/mol. The van der Waals surface area contributed by atoms with Crippen molar-refractivity contribution >= 4 is 33.6 Å². The van der Waals surface area contributed by atoms with Crippen molar-refractivity contribution in [2.24, 2.45) is 0 Å². The quantitative estimate of drug-likeness (QED) is 0.249. The first kappa shape index (κ1) is 25.4. The standard InChI is InChI=1S/C31H29FN6O3/c1-17(39)41-16-24-22(23-8-11-34-29-28(23)30(37-36-29)35-21-7-10-33-15-21)3-2-4-26(24)38-12-9-19-13-20(18-5-6-18)14-25(32)27(19)31(38)40/h2-4,8-9,11-14,18,21,33H,5-7,10,15-16H2,1H3,(H2,34,35,36,37). The Hall–Kier alpha value is -4.57. The van der Waals surface area contributed by atoms with E-state index in [2.05, 4.69) is 25.8 Å². The van der Waals surface area contributed by atoms with Crippen molar-refractivity contribution in [1.29, 1.82) is 0 Å². The molecule has 41 heavy (non-hydrogen) atoms. The van der Waals surface area contributed by atoms with Gasteiger partial charge in [0.05, 0.1) is 16.5 Å². The number of aromatic nitrogens is 4. The lowest BCUT2D eigenvalue weighted by Gasteiger charge is -2.18. The van der Waals surface area contributed by atoms with E-state index in [4.69, 9.17) is 4.74 Å². The van der Waals surface area contributed by atoms with Crippen LogP contribution in [-0.2, 0) is 16.1 Å². The number of nitrogens with one attached hydrogen (secondary N) is 3. The number of hydrogen-bond donors (Lipinski definition) is 3. The van der Waals surface area contributed by atoms with Gasteiger partial charge in [0.25, 0.3) is 5.56 Å². The molecule has 1 saturated heterocycles. The van der Waals surface area contributed by atoms with E-state index in [0.717, 1.165) is 54.4 Å². The number of aromatic amines is 1. The van der Waals surface area contributed by atoms with E-state index in [0.29, 0.717) is 34.0 Å². The highest BCUT2D eigenvalue weighted by Gasteiger charge is 2.26. The number of esters is 1. The Labute approximate surface area is 234 Å². The average molecular weight is 553 g/mol. The normalized spacial score (nSPS) is 16.9. The molecule has 5 aromatic rings. The minimum atomic E-state index is -0.521. The minimum absolute atomic E-state index is 0.0403. The van der Waals surface area contributed by atoms with E-state index in [9.17, 15) is 9.59 Å². The molecular formula is C31H29FN6O3. The van der Waals surface area contributed by atoms with Crippen molar-refractivity contribution in [3.05, 3.63) is 82.2 Å². The van der Waals surface area contributed by atoms with Crippen molar-refractivity contribution in [2.75, 3.05) is 18.4 Å². The van der Waals surface area contributed by atoms with Gasteiger partial charge in [0.2, 0.25) is 0 Å². The zero-order valence-electron chi connectivity index (χ0n) is 22.5. The maximum atomic E-state index is 15.3. The van der Waals surface area contributed by atoms with Gasteiger partial charge in [-0.3, -0.25) is 19.3 Å². The van der Waals surface area contributed by atoms with Crippen LogP contribution in [0.5, 0.6) is 0 Å². The first-order valence-electron chi connectivity index (χ1n) is 13.9. The highest BCUT2D eigenvalue weighted by Crippen LogP contribution is 2.41. The van der Waals surface area contributed by atoms with Crippen LogP contribution in [0.1, 0.15) is 43.2 Å². The molecule has 0 amide bonds. The SMILES string of the molecule is CC(=O)OCc1c(-c2ccnc3[nH]nc(NC4CCNC4)c23)cccc1-n1ccc2cc(C3CC3)cc(F)c2c1=O. The topological polar surface area (TPSA) is 114 Å². The Morgan fingerprint density at radius 3 is 2.80 bits per heavy atom. The second-order valence-electron chi connectivity index (χ2n) is 10.8. The number of fused-ring (bicyclic) bond motifs is 2. The third-order valence-electron chi connectivity index (χ3n) is 8.01. The molecule has 2 aliphatic rings. The molecule has 3 N–H and O–H groups in total. The summed E-state index contributed by atoms with van der Waals surface area (Å²) >= 11 is 0. The van der Waals surface area contributed by atoms with Gasteiger partial charge in [-0.1, -0.05) is 18.2 Å². The number of benzene rings is 2. The van der Waals surface area contributed by atoms with Gasteiger partial charge in [-0.25, -0.2) is 9.37 Å². The number of carbonyl (C=O) groups excluding carboxylic acids is 1. The van der Waals surface area contributed by atoms with Crippen LogP contribution in [0.25, 0.3) is 38.6 Å². The van der Waals surface area contributed by atoms with Crippen molar-refractivity contribution in [3.63, 3.8) is 0 Å². The number of ether oxygens (including phenoxy) is 1. The Morgan fingerprint density at radius 1 is 1.15 bits per heavy atom. The maximum absolute atomic E-state index is 15.3. The summed E-state index contributed by atoms with van der Waals surface area (Å²) in [7, 11) is 0. The summed E-state index contributed by atoms with van der Waals surface area (Å²) in [6.07, 6.45) is 6.41. The molecule has 3 aromatic heterocycles. The van der Waals surface area contributed by atoms with E-state index < -0.39 is 17.3 Å². The first-order valence-corrected chi connectivity index (χ1v) is 13.9. The molecule has 208 valence electrons. The van der Waals surface area contributed by atoms with Gasteiger partial charge in [0.15, 0.2) is 11.5 Å². The molecule has 1 saturated carbocycles. The van der Waals surface area contributed by atoms with E-state index in [1.54, 1.807) is 24.5 Å². The lowest BCUT2D eigenvalue weighted by Crippen LogP contribution is -2.22. The predicted octanol–water partition coefficient (Wildman–Crippen LogP) is 4.78. The second-order valence-corrected chi connectivity index (χ2v) is 10.8. The fourth-order valence-electron chi connectivity index (χ4n) is 5.82. The summed E-state index contributed by atoms with van der Waals surface area (Å²) in [5, 5.41) is 15.8. The van der Waals surface area contributed by atoms with Gasteiger partial charge in [-0.15, -0.1) is 0 Å². The zero-order valence-corrected chi connectivity index (χ0v) is 22.5. The summed E-state index contributed by atoms with van der Waals surface area (Å²) in [6.45, 7) is 3.03. The molecule has 7 rings (SSSR count). The minimum Gasteiger partial charge on any atom is -0.461 e. The lowest BCUT2D eigenvalue weighted by molar-refractivity contribution is -0.142. The summed E-state index contributed by atoms with van der Waals surface area (Å²) < 4.78 is 22.3. The summed E-state index contributed by atoms with van der Waals surface area (Å²) in [5.41, 5.74) is 3.76. The molecular weight excluding hydrogens is 523 g/mol. The van der Waals surface area contributed by atoms with Crippen molar-refractivity contribution in [2.45, 2.75) is 44.8 Å². The number of H-pyrrole nitrogens is 1. The molecule has 0 bridgehead atoms. The largest absolute Gasteiger partial charge is 0.461 e. The van der Waals surface area contributed by atoms with E-state index >= 15 is 4.39 Å². The van der Waals surface area contributed by atoms with Crippen molar-refractivity contribution in [3.8, 4) is 16.8 Å². The molecule has 0 spiro atoms. The van der Waals surface area contributed by atoms with Crippen LogP contribution in [-0.4, -0.2) is 44.8 Å². The number of carbonyl (C=O) groups is 1. The van der Waals surface area contributed by atoms with Gasteiger partial charge in [-0.05, 0) is 78.1 Å². The molecule has 1 atom stereocenters. The Bertz CT molecular complexity index is 1870. The number of pyridine rings is 2. The summed E-state index contributed by atoms with van der Waals surface area (Å²) in [4.78, 5) is 30.2. The lowest BCUT2D eigenvalue weighted by atomic mass is 9.96. The van der Waals surface area contributed by atoms with E-state index in [-0.39, 0.29) is 18.0 Å². The monoisotopic (exact) mass is 552 g/mol. The van der Waals surface area contributed by atoms with Gasteiger partial charge in [-0.2, -0.15) is 5.10 Å². The fourth-order valence-corrected chi connectivity index (χ4v) is 5.82. The Balaban J connectivity index is 1.40. The molecule has 10 heteroatoms. The molecule has 2 aromatic carbocycles. The third-order valence-corrected chi connectivity index (χ3v) is 8.01. The van der Waals surface area contributed by atoms with Crippen LogP contribution in [0.15, 0.2) is 59.7 Å². The van der Waals surface area contributed by atoms with Gasteiger partial charge >= 0.3 is 5.97 Å². The highest BCUT2D eigenvalue weighted by molar-refractivity contribution is 6.01. The van der Waals surface area contributed by atoms with E-state index in [1.807, 2.05) is 24.3 Å². The summed E-state index contributed by atoms with van der Waals surface area (Å²) in [5.74, 6) is 0.0761. The maximum Gasteiger partial charge on any atom is 0.302 e. The number of rotatable bonds is 7. The first-order chi connectivity index (χ1) is 20.0. The fraction of sp³-hybridized carbons (Fsp3) is 0.290. The number of halogens is 1. The van der Waals surface area contributed by atoms with Gasteiger partial charge in [0, 0.05) is 37.5 Å². The van der Waals surface area contributed by atoms with Crippen LogP contribution < -0.4 is 16.2 Å². The molecule has 9 nitrogen and oxygen atoms in total. The van der Waals surface area contributed by atoms with Gasteiger partial charge < -0.3 is 15.4 Å². The molecule has 1 unspecified atom stereocenters. The van der Waals surface area contributed by atoms with Crippen LogP contribution in [0.3, 0.4) is 0 Å².